The van der Waals surface area contributed by atoms with Crippen LogP contribution in [-0.2, 0) is 11.3 Å². The van der Waals surface area contributed by atoms with Gasteiger partial charge in [-0.25, -0.2) is 4.39 Å². The van der Waals surface area contributed by atoms with Gasteiger partial charge in [-0.2, -0.15) is 0 Å². The Balaban J connectivity index is 1.63. The van der Waals surface area contributed by atoms with Crippen LogP contribution in [0.3, 0.4) is 0 Å². The molecule has 2 amide bonds. The molecule has 1 aliphatic heterocycles. The lowest BCUT2D eigenvalue weighted by Crippen LogP contribution is -2.49. The molecular weight excluding hydrogens is 361 g/mol. The van der Waals surface area contributed by atoms with Crippen molar-refractivity contribution in [3.63, 3.8) is 0 Å². The molecule has 150 valence electrons. The lowest BCUT2D eigenvalue weighted by atomic mass is 10.1. The van der Waals surface area contributed by atoms with Gasteiger partial charge in [0.05, 0.1) is 12.8 Å². The molecule has 0 bridgehead atoms. The maximum atomic E-state index is 13.2. The topological polar surface area (TPSA) is 57.0 Å². The number of piperazine rings is 1. The zero-order valence-electron chi connectivity index (χ0n) is 16.1. The minimum Gasteiger partial charge on any atom is -0.467 e. The normalized spacial score (nSPS) is 14.9. The summed E-state index contributed by atoms with van der Waals surface area (Å²) in [6.45, 7) is 6.85. The van der Waals surface area contributed by atoms with Gasteiger partial charge in [0.25, 0.3) is 5.91 Å². The second-order valence-electron chi connectivity index (χ2n) is 6.88. The monoisotopic (exact) mass is 387 g/mol. The van der Waals surface area contributed by atoms with Crippen LogP contribution in [0.15, 0.2) is 47.1 Å². The number of rotatable bonds is 7. The van der Waals surface area contributed by atoms with Crippen molar-refractivity contribution < 1.29 is 18.4 Å². The standard InChI is InChI=1S/C21H26FN3O3/c1-2-23-11-13-24(14-12-23)20(26)9-10-25(16-19-4-3-15-28-19)21(27)17-5-7-18(22)8-6-17/h3-8,15H,2,9-14,16H2,1H3. The summed E-state index contributed by atoms with van der Waals surface area (Å²) in [6.07, 6.45) is 1.80. The minimum absolute atomic E-state index is 0.0482. The van der Waals surface area contributed by atoms with Crippen molar-refractivity contribution in [2.75, 3.05) is 39.3 Å². The van der Waals surface area contributed by atoms with Crippen LogP contribution < -0.4 is 0 Å². The molecule has 3 rings (SSSR count). The van der Waals surface area contributed by atoms with Crippen molar-refractivity contribution in [1.82, 2.24) is 14.7 Å². The van der Waals surface area contributed by atoms with E-state index in [2.05, 4.69) is 11.8 Å². The molecule has 1 fully saturated rings. The molecule has 7 heteroatoms. The van der Waals surface area contributed by atoms with Crippen LogP contribution in [0.5, 0.6) is 0 Å². The van der Waals surface area contributed by atoms with Gasteiger partial charge in [0.2, 0.25) is 5.91 Å². The maximum Gasteiger partial charge on any atom is 0.254 e. The van der Waals surface area contributed by atoms with Crippen LogP contribution in [0.2, 0.25) is 0 Å². The highest BCUT2D eigenvalue weighted by molar-refractivity contribution is 5.94. The van der Waals surface area contributed by atoms with Gasteiger partial charge in [-0.1, -0.05) is 6.92 Å². The Hall–Kier alpha value is -2.67. The summed E-state index contributed by atoms with van der Waals surface area (Å²) in [7, 11) is 0. The van der Waals surface area contributed by atoms with Crippen LogP contribution in [0.1, 0.15) is 29.5 Å². The predicted molar refractivity (Wildman–Crippen MR) is 103 cm³/mol. The highest BCUT2D eigenvalue weighted by atomic mass is 19.1. The fourth-order valence-electron chi connectivity index (χ4n) is 3.32. The van der Waals surface area contributed by atoms with Crippen LogP contribution in [-0.4, -0.2) is 65.8 Å². The molecule has 28 heavy (non-hydrogen) atoms. The number of carbonyl (C=O) groups excluding carboxylic acids is 2. The first-order valence-corrected chi connectivity index (χ1v) is 9.64. The molecule has 6 nitrogen and oxygen atoms in total. The third kappa shape index (κ3) is 5.19. The van der Waals surface area contributed by atoms with E-state index in [0.717, 1.165) is 32.7 Å². The average Bonchev–Trinajstić information content (AvgIpc) is 3.24. The van der Waals surface area contributed by atoms with E-state index >= 15 is 0 Å². The molecule has 2 heterocycles. The maximum absolute atomic E-state index is 13.2. The Morgan fingerprint density at radius 2 is 1.82 bits per heavy atom. The van der Waals surface area contributed by atoms with Gasteiger partial charge in [-0.15, -0.1) is 0 Å². The van der Waals surface area contributed by atoms with Crippen molar-refractivity contribution >= 4 is 11.8 Å². The van der Waals surface area contributed by atoms with E-state index < -0.39 is 5.82 Å². The number of hydrogen-bond acceptors (Lipinski definition) is 4. The first-order chi connectivity index (χ1) is 13.6. The van der Waals surface area contributed by atoms with Gasteiger partial charge in [0.15, 0.2) is 0 Å². The lowest BCUT2D eigenvalue weighted by Gasteiger charge is -2.34. The summed E-state index contributed by atoms with van der Waals surface area (Å²) in [6, 6.07) is 8.98. The van der Waals surface area contributed by atoms with E-state index in [-0.39, 0.29) is 31.3 Å². The fourth-order valence-corrected chi connectivity index (χ4v) is 3.32. The van der Waals surface area contributed by atoms with Crippen LogP contribution >= 0.6 is 0 Å². The molecule has 0 aliphatic carbocycles. The van der Waals surface area contributed by atoms with Gasteiger partial charge in [0.1, 0.15) is 11.6 Å². The second-order valence-corrected chi connectivity index (χ2v) is 6.88. The summed E-state index contributed by atoms with van der Waals surface area (Å²) in [5.74, 6) is 0.0436. The SMILES string of the molecule is CCN1CCN(C(=O)CCN(Cc2ccco2)C(=O)c2ccc(F)cc2)CC1. The largest absolute Gasteiger partial charge is 0.467 e. The number of nitrogens with zero attached hydrogens (tertiary/aromatic N) is 3. The predicted octanol–water partition coefficient (Wildman–Crippen LogP) is 2.62. The molecule has 0 unspecified atom stereocenters. The van der Waals surface area contributed by atoms with Crippen molar-refractivity contribution in [1.29, 1.82) is 0 Å². The van der Waals surface area contributed by atoms with Crippen molar-refractivity contribution in [3.05, 3.63) is 59.8 Å². The summed E-state index contributed by atoms with van der Waals surface area (Å²) in [5.41, 5.74) is 0.386. The molecule has 1 aromatic carbocycles. The van der Waals surface area contributed by atoms with E-state index in [4.69, 9.17) is 4.42 Å². The second kappa shape index (κ2) is 9.50. The van der Waals surface area contributed by atoms with Gasteiger partial charge in [0, 0.05) is 44.7 Å². The lowest BCUT2D eigenvalue weighted by molar-refractivity contribution is -0.133. The third-order valence-corrected chi connectivity index (χ3v) is 5.07. The third-order valence-electron chi connectivity index (χ3n) is 5.07. The van der Waals surface area contributed by atoms with E-state index in [9.17, 15) is 14.0 Å². The van der Waals surface area contributed by atoms with Crippen LogP contribution in [0, 0.1) is 5.82 Å². The number of carbonyl (C=O) groups is 2. The van der Waals surface area contributed by atoms with E-state index in [1.165, 1.54) is 24.3 Å². The van der Waals surface area contributed by atoms with E-state index in [0.29, 0.717) is 11.3 Å². The van der Waals surface area contributed by atoms with Crippen LogP contribution in [0.25, 0.3) is 0 Å². The molecule has 0 saturated carbocycles. The molecule has 0 radical (unpaired) electrons. The van der Waals surface area contributed by atoms with Gasteiger partial charge < -0.3 is 19.1 Å². The number of amides is 2. The minimum atomic E-state index is -0.393. The van der Waals surface area contributed by atoms with Crippen molar-refractivity contribution in [2.45, 2.75) is 19.9 Å². The van der Waals surface area contributed by atoms with Gasteiger partial charge in [-0.05, 0) is 42.9 Å². The van der Waals surface area contributed by atoms with Crippen LogP contribution in [0.4, 0.5) is 4.39 Å². The zero-order chi connectivity index (χ0) is 19.9. The summed E-state index contributed by atoms with van der Waals surface area (Å²) in [4.78, 5) is 31.2. The Morgan fingerprint density at radius 3 is 2.43 bits per heavy atom. The Bertz CT molecular complexity index is 769. The highest BCUT2D eigenvalue weighted by Crippen LogP contribution is 2.13. The number of likely N-dealkylation sites (N-methyl/N-ethyl adjacent to an activating group) is 1. The highest BCUT2D eigenvalue weighted by Gasteiger charge is 2.23. The average molecular weight is 387 g/mol. The molecule has 1 saturated heterocycles. The number of furan rings is 1. The molecule has 0 atom stereocenters. The van der Waals surface area contributed by atoms with E-state index in [1.807, 2.05) is 4.90 Å². The first-order valence-electron chi connectivity index (χ1n) is 9.64. The first kappa shape index (κ1) is 20.1. The number of halogens is 1. The number of benzene rings is 1. The Kier molecular flexibility index (Phi) is 6.81. The van der Waals surface area contributed by atoms with Crippen molar-refractivity contribution in [2.24, 2.45) is 0 Å². The molecule has 1 aliphatic rings. The molecule has 0 spiro atoms. The van der Waals surface area contributed by atoms with E-state index in [1.54, 1.807) is 23.3 Å². The zero-order valence-corrected chi connectivity index (χ0v) is 16.1. The fraction of sp³-hybridized carbons (Fsp3) is 0.429. The molecule has 0 N–H and O–H groups in total. The summed E-state index contributed by atoms with van der Waals surface area (Å²) >= 11 is 0. The smallest absolute Gasteiger partial charge is 0.254 e. The van der Waals surface area contributed by atoms with Gasteiger partial charge >= 0.3 is 0 Å². The Labute approximate surface area is 164 Å². The molecule has 1 aromatic heterocycles. The van der Waals surface area contributed by atoms with Crippen molar-refractivity contribution in [3.8, 4) is 0 Å². The quantitative estimate of drug-likeness (QED) is 0.733. The summed E-state index contributed by atoms with van der Waals surface area (Å²) in [5, 5.41) is 0. The molecular formula is C21H26FN3O3. The molecule has 2 aromatic rings. The number of hydrogen-bond donors (Lipinski definition) is 0. The Morgan fingerprint density at radius 1 is 1.11 bits per heavy atom. The summed E-state index contributed by atoms with van der Waals surface area (Å²) < 4.78 is 18.5. The van der Waals surface area contributed by atoms with Gasteiger partial charge in [-0.3, -0.25) is 9.59 Å².